The Morgan fingerprint density at radius 3 is 1.47 bits per heavy atom. The molecule has 0 radical (unpaired) electrons. The summed E-state index contributed by atoms with van der Waals surface area (Å²) in [7, 11) is -3.53. The maximum absolute atomic E-state index is 10.3. The Kier molecular flexibility index (Phi) is 5.76. The Hall–Kier alpha value is -1.30. The minimum absolute atomic E-state index is 0.429. The van der Waals surface area contributed by atoms with Gasteiger partial charge < -0.3 is 0 Å². The topological polar surface area (TPSA) is 54.4 Å². The van der Waals surface area contributed by atoms with Crippen LogP contribution in [0.4, 0.5) is 0 Å². The fourth-order valence-corrected chi connectivity index (χ4v) is 2.56. The van der Waals surface area contributed by atoms with Gasteiger partial charge in [0, 0.05) is 15.7 Å². The highest BCUT2D eigenvalue weighted by molar-refractivity contribution is 8.69. The number of rotatable bonds is 2. The molecule has 0 saturated heterocycles. The van der Waals surface area contributed by atoms with Crippen molar-refractivity contribution in [2.45, 2.75) is 4.90 Å². The van der Waals surface area contributed by atoms with Crippen molar-refractivity contribution in [2.75, 3.05) is 0 Å². The van der Waals surface area contributed by atoms with Gasteiger partial charge in [-0.05, 0) is 12.1 Å². The third-order valence-electron chi connectivity index (χ3n) is 1.61. The molecule has 0 aromatic heterocycles. The van der Waals surface area contributed by atoms with Gasteiger partial charge in [-0.1, -0.05) is 54.6 Å². The molecule has 0 fully saturated rings. The summed E-state index contributed by atoms with van der Waals surface area (Å²) < 4.78 is 29.0. The molecule has 0 unspecified atom stereocenters. The Labute approximate surface area is 105 Å². The average molecular weight is 268 g/mol. The van der Waals surface area contributed by atoms with Gasteiger partial charge >= 0.3 is 9.15 Å². The van der Waals surface area contributed by atoms with E-state index in [0.29, 0.717) is 15.7 Å². The van der Waals surface area contributed by atoms with Gasteiger partial charge in [-0.3, -0.25) is 4.55 Å². The van der Waals surface area contributed by atoms with Crippen molar-refractivity contribution in [1.82, 2.24) is 0 Å². The summed E-state index contributed by atoms with van der Waals surface area (Å²) >= 11 is 0. The van der Waals surface area contributed by atoms with Gasteiger partial charge in [-0.2, -0.15) is 8.42 Å². The standard InChI is InChI=1S/C6H6O3S2.C6H6/c7-11(8,9)10-6-4-2-1-3-5-6;1-2-4-6-5-3-1/h1-5H,(H,7,8,9);1-6H. The zero-order valence-corrected chi connectivity index (χ0v) is 10.6. The Bertz CT molecular complexity index is 483. The molecule has 2 aromatic carbocycles. The molecule has 0 aliphatic heterocycles. The molecule has 0 saturated carbocycles. The van der Waals surface area contributed by atoms with Crippen molar-refractivity contribution < 1.29 is 13.0 Å². The van der Waals surface area contributed by atoms with Crippen LogP contribution in [-0.2, 0) is 9.15 Å². The van der Waals surface area contributed by atoms with Crippen molar-refractivity contribution in [2.24, 2.45) is 0 Å². The first kappa shape index (κ1) is 13.8. The second-order valence-corrected chi connectivity index (χ2v) is 6.24. The number of hydrogen-bond donors (Lipinski definition) is 1. The second kappa shape index (κ2) is 7.11. The third-order valence-corrected chi connectivity index (χ3v) is 3.50. The first-order valence-corrected chi connectivity index (χ1v) is 7.57. The maximum Gasteiger partial charge on any atom is 0.324 e. The maximum atomic E-state index is 10.3. The fourth-order valence-electron chi connectivity index (χ4n) is 0.983. The molecule has 0 amide bonds. The van der Waals surface area contributed by atoms with Crippen LogP contribution in [-0.4, -0.2) is 13.0 Å². The number of benzene rings is 2. The molecule has 17 heavy (non-hydrogen) atoms. The Balaban J connectivity index is 0.000000202. The van der Waals surface area contributed by atoms with E-state index in [1.54, 1.807) is 30.3 Å². The summed E-state index contributed by atoms with van der Waals surface area (Å²) in [6, 6.07) is 20.4. The lowest BCUT2D eigenvalue weighted by Crippen LogP contribution is -1.87. The first-order chi connectivity index (χ1) is 8.08. The third kappa shape index (κ3) is 7.57. The Morgan fingerprint density at radius 2 is 1.12 bits per heavy atom. The molecule has 2 rings (SSSR count). The quantitative estimate of drug-likeness (QED) is 0.671. The summed E-state index contributed by atoms with van der Waals surface area (Å²) in [6.07, 6.45) is 0. The SMILES string of the molecule is O=S(=O)(O)Sc1ccccc1.c1ccccc1. The lowest BCUT2D eigenvalue weighted by atomic mass is 10.4. The normalized spacial score (nSPS) is 10.2. The van der Waals surface area contributed by atoms with Crippen LogP contribution in [0, 0.1) is 0 Å². The van der Waals surface area contributed by atoms with Crippen LogP contribution in [0.2, 0.25) is 0 Å². The zero-order valence-electron chi connectivity index (χ0n) is 8.93. The molecule has 2 aromatic rings. The highest BCUT2D eigenvalue weighted by Crippen LogP contribution is 2.21. The highest BCUT2D eigenvalue weighted by atomic mass is 33.1. The molecule has 0 bridgehead atoms. The van der Waals surface area contributed by atoms with E-state index in [1.807, 2.05) is 36.4 Å². The average Bonchev–Trinajstić information content (AvgIpc) is 2.31. The van der Waals surface area contributed by atoms with E-state index in [1.165, 1.54) is 0 Å². The van der Waals surface area contributed by atoms with Gasteiger partial charge in [0.15, 0.2) is 0 Å². The lowest BCUT2D eigenvalue weighted by molar-refractivity contribution is 0.503. The van der Waals surface area contributed by atoms with Crippen molar-refractivity contribution >= 4 is 19.9 Å². The molecule has 0 aliphatic rings. The van der Waals surface area contributed by atoms with Gasteiger partial charge in [-0.25, -0.2) is 0 Å². The molecule has 3 nitrogen and oxygen atoms in total. The monoisotopic (exact) mass is 268 g/mol. The van der Waals surface area contributed by atoms with Crippen molar-refractivity contribution in [1.29, 1.82) is 0 Å². The van der Waals surface area contributed by atoms with Crippen LogP contribution in [0.5, 0.6) is 0 Å². The minimum Gasteiger partial charge on any atom is -0.277 e. The van der Waals surface area contributed by atoms with E-state index in [4.69, 9.17) is 4.55 Å². The van der Waals surface area contributed by atoms with Crippen molar-refractivity contribution in [3.8, 4) is 0 Å². The van der Waals surface area contributed by atoms with E-state index in [9.17, 15) is 8.42 Å². The smallest absolute Gasteiger partial charge is 0.277 e. The molecule has 1 N–H and O–H groups in total. The number of hydrogen-bond acceptors (Lipinski definition) is 3. The van der Waals surface area contributed by atoms with Gasteiger partial charge in [0.05, 0.1) is 0 Å². The van der Waals surface area contributed by atoms with Crippen LogP contribution in [0.15, 0.2) is 71.6 Å². The second-order valence-electron chi connectivity index (χ2n) is 2.98. The molecule has 0 heterocycles. The fraction of sp³-hybridized carbons (Fsp3) is 0. The predicted molar refractivity (Wildman–Crippen MR) is 70.3 cm³/mol. The molecule has 0 aliphatic carbocycles. The van der Waals surface area contributed by atoms with Gasteiger partial charge in [0.1, 0.15) is 0 Å². The van der Waals surface area contributed by atoms with E-state index >= 15 is 0 Å². The summed E-state index contributed by atoms with van der Waals surface area (Å²) in [6.45, 7) is 0. The molecule has 0 spiro atoms. The van der Waals surface area contributed by atoms with Crippen LogP contribution in [0.25, 0.3) is 0 Å². The van der Waals surface area contributed by atoms with E-state index in [2.05, 4.69) is 0 Å². The predicted octanol–water partition coefficient (Wildman–Crippen LogP) is 3.27. The molecular weight excluding hydrogens is 256 g/mol. The van der Waals surface area contributed by atoms with Gasteiger partial charge in [-0.15, -0.1) is 0 Å². The molecule has 90 valence electrons. The lowest BCUT2D eigenvalue weighted by Gasteiger charge is -1.94. The van der Waals surface area contributed by atoms with Gasteiger partial charge in [0.2, 0.25) is 0 Å². The van der Waals surface area contributed by atoms with Crippen LogP contribution in [0.1, 0.15) is 0 Å². The van der Waals surface area contributed by atoms with E-state index in [-0.39, 0.29) is 0 Å². The van der Waals surface area contributed by atoms with Gasteiger partial charge in [0.25, 0.3) is 0 Å². The van der Waals surface area contributed by atoms with E-state index < -0.39 is 9.15 Å². The summed E-state index contributed by atoms with van der Waals surface area (Å²) in [5.41, 5.74) is 0. The molecular formula is C12H12O3S2. The Morgan fingerprint density at radius 1 is 0.765 bits per heavy atom. The van der Waals surface area contributed by atoms with Crippen molar-refractivity contribution in [3.05, 3.63) is 66.7 Å². The van der Waals surface area contributed by atoms with Crippen LogP contribution < -0.4 is 0 Å². The summed E-state index contributed by atoms with van der Waals surface area (Å²) in [5.74, 6) is 0. The van der Waals surface area contributed by atoms with Crippen LogP contribution >= 0.6 is 10.8 Å². The molecule has 5 heteroatoms. The van der Waals surface area contributed by atoms with E-state index in [0.717, 1.165) is 0 Å². The minimum atomic E-state index is -3.96. The zero-order chi connectivity index (χ0) is 12.6. The van der Waals surface area contributed by atoms with Crippen molar-refractivity contribution in [3.63, 3.8) is 0 Å². The first-order valence-electron chi connectivity index (χ1n) is 4.80. The summed E-state index contributed by atoms with van der Waals surface area (Å²) in [4.78, 5) is 0.509. The largest absolute Gasteiger partial charge is 0.324 e. The molecule has 0 atom stereocenters. The highest BCUT2D eigenvalue weighted by Gasteiger charge is 2.05. The summed E-state index contributed by atoms with van der Waals surface area (Å²) in [5, 5.41) is 0. The van der Waals surface area contributed by atoms with Crippen LogP contribution in [0.3, 0.4) is 0 Å².